The number of benzene rings is 1. The van der Waals surface area contributed by atoms with E-state index < -0.39 is 11.6 Å². The van der Waals surface area contributed by atoms with Crippen LogP contribution in [0.5, 0.6) is 0 Å². The van der Waals surface area contributed by atoms with Gasteiger partial charge in [-0.15, -0.1) is 0 Å². The molecule has 1 amide bonds. The van der Waals surface area contributed by atoms with Gasteiger partial charge in [0.15, 0.2) is 11.6 Å². The number of nitrogens with one attached hydrogen (secondary N) is 2. The Balaban J connectivity index is 2.20. The Kier molecular flexibility index (Phi) is 6.99. The molecule has 1 aromatic rings. The van der Waals surface area contributed by atoms with Crippen LogP contribution in [-0.4, -0.2) is 32.7 Å². The summed E-state index contributed by atoms with van der Waals surface area (Å²) < 4.78 is 31.0. The quantitative estimate of drug-likeness (QED) is 0.699. The summed E-state index contributed by atoms with van der Waals surface area (Å²) in [5, 5.41) is 5.56. The molecule has 4 nitrogen and oxygen atoms in total. The lowest BCUT2D eigenvalue weighted by Gasteiger charge is -2.07. The molecule has 1 aromatic carbocycles. The number of rotatable bonds is 8. The normalized spacial score (nSPS) is 10.5. The molecule has 0 heterocycles. The van der Waals surface area contributed by atoms with Crippen LogP contribution in [0.4, 0.5) is 8.78 Å². The van der Waals surface area contributed by atoms with Crippen molar-refractivity contribution < 1.29 is 18.3 Å². The average Bonchev–Trinajstić information content (AvgIpc) is 2.39. The first-order valence-electron chi connectivity index (χ1n) is 6.04. The van der Waals surface area contributed by atoms with Crippen LogP contribution in [0.25, 0.3) is 0 Å². The zero-order valence-corrected chi connectivity index (χ0v) is 10.8. The van der Waals surface area contributed by atoms with Crippen molar-refractivity contribution in [2.75, 3.05) is 26.8 Å². The first kappa shape index (κ1) is 15.5. The molecule has 0 aliphatic carbocycles. The van der Waals surface area contributed by atoms with Gasteiger partial charge in [-0.2, -0.15) is 0 Å². The molecule has 0 saturated heterocycles. The second-order valence-corrected chi connectivity index (χ2v) is 3.98. The molecule has 0 fully saturated rings. The van der Waals surface area contributed by atoms with Crippen LogP contribution in [-0.2, 0) is 16.1 Å². The molecular formula is C13H18F2N2O2. The van der Waals surface area contributed by atoms with E-state index in [0.29, 0.717) is 19.7 Å². The van der Waals surface area contributed by atoms with E-state index in [4.69, 9.17) is 4.74 Å². The molecule has 0 bridgehead atoms. The van der Waals surface area contributed by atoms with Crippen LogP contribution >= 0.6 is 0 Å². The highest BCUT2D eigenvalue weighted by Gasteiger charge is 2.07. The molecule has 0 saturated carbocycles. The van der Waals surface area contributed by atoms with Crippen LogP contribution < -0.4 is 10.6 Å². The van der Waals surface area contributed by atoms with Gasteiger partial charge in [0.25, 0.3) is 0 Å². The maximum absolute atomic E-state index is 13.3. The molecular weight excluding hydrogens is 254 g/mol. The van der Waals surface area contributed by atoms with Gasteiger partial charge in [-0.3, -0.25) is 4.79 Å². The van der Waals surface area contributed by atoms with Crippen molar-refractivity contribution in [2.45, 2.75) is 13.0 Å². The van der Waals surface area contributed by atoms with Gasteiger partial charge in [0, 0.05) is 38.7 Å². The van der Waals surface area contributed by atoms with Gasteiger partial charge >= 0.3 is 0 Å². The first-order chi connectivity index (χ1) is 9.15. The van der Waals surface area contributed by atoms with E-state index in [0.717, 1.165) is 6.07 Å². The number of carbonyl (C=O) groups is 1. The summed E-state index contributed by atoms with van der Waals surface area (Å²) in [5.41, 5.74) is 0.250. The van der Waals surface area contributed by atoms with Gasteiger partial charge in [0.2, 0.25) is 5.91 Å². The number of carbonyl (C=O) groups excluding carboxylic acids is 1. The third kappa shape index (κ3) is 5.76. The maximum Gasteiger partial charge on any atom is 0.221 e. The molecule has 0 radical (unpaired) electrons. The Labute approximate surface area is 111 Å². The molecule has 0 unspecified atom stereocenters. The predicted octanol–water partition coefficient (Wildman–Crippen LogP) is 1.21. The first-order valence-corrected chi connectivity index (χ1v) is 6.04. The van der Waals surface area contributed by atoms with Crippen molar-refractivity contribution in [3.8, 4) is 0 Å². The van der Waals surface area contributed by atoms with Gasteiger partial charge in [0.1, 0.15) is 0 Å². The fourth-order valence-corrected chi connectivity index (χ4v) is 1.49. The Morgan fingerprint density at radius 3 is 2.84 bits per heavy atom. The Hall–Kier alpha value is -1.53. The lowest BCUT2D eigenvalue weighted by Crippen LogP contribution is -2.30. The number of hydrogen-bond acceptors (Lipinski definition) is 3. The minimum absolute atomic E-state index is 0.107. The number of ether oxygens (including phenoxy) is 1. The average molecular weight is 272 g/mol. The summed E-state index contributed by atoms with van der Waals surface area (Å²) in [5.74, 6) is -1.82. The zero-order chi connectivity index (χ0) is 14.1. The van der Waals surface area contributed by atoms with Crippen molar-refractivity contribution in [3.63, 3.8) is 0 Å². The number of amides is 1. The summed E-state index contributed by atoms with van der Waals surface area (Å²) in [6, 6.07) is 4.03. The van der Waals surface area contributed by atoms with E-state index in [9.17, 15) is 13.6 Å². The standard InChI is InChI=1S/C13H18F2N2O2/c1-19-8-7-17-12(18)5-6-16-9-10-3-2-4-11(14)13(10)15/h2-4,16H,5-9H2,1H3,(H,17,18). The van der Waals surface area contributed by atoms with Crippen molar-refractivity contribution in [1.29, 1.82) is 0 Å². The number of hydrogen-bond donors (Lipinski definition) is 2. The van der Waals surface area contributed by atoms with Gasteiger partial charge in [0.05, 0.1) is 6.61 Å². The number of halogens is 2. The third-order valence-corrected chi connectivity index (χ3v) is 2.50. The monoisotopic (exact) mass is 272 g/mol. The summed E-state index contributed by atoms with van der Waals surface area (Å²) >= 11 is 0. The van der Waals surface area contributed by atoms with Gasteiger partial charge in [-0.25, -0.2) is 8.78 Å². The predicted molar refractivity (Wildman–Crippen MR) is 67.6 cm³/mol. The Bertz CT molecular complexity index is 414. The highest BCUT2D eigenvalue weighted by atomic mass is 19.2. The third-order valence-electron chi connectivity index (χ3n) is 2.50. The molecule has 6 heteroatoms. The fourth-order valence-electron chi connectivity index (χ4n) is 1.49. The molecule has 0 atom stereocenters. The van der Waals surface area contributed by atoms with Gasteiger partial charge in [-0.05, 0) is 6.07 Å². The smallest absolute Gasteiger partial charge is 0.221 e. The van der Waals surface area contributed by atoms with Crippen molar-refractivity contribution in [1.82, 2.24) is 10.6 Å². The molecule has 0 aliphatic rings. The van der Waals surface area contributed by atoms with Crippen LogP contribution in [0.15, 0.2) is 18.2 Å². The SMILES string of the molecule is COCCNC(=O)CCNCc1cccc(F)c1F. The van der Waals surface area contributed by atoms with Crippen LogP contribution in [0.1, 0.15) is 12.0 Å². The highest BCUT2D eigenvalue weighted by Crippen LogP contribution is 2.10. The molecule has 0 spiro atoms. The second-order valence-electron chi connectivity index (χ2n) is 3.98. The summed E-state index contributed by atoms with van der Waals surface area (Å²) in [6.07, 6.45) is 0.278. The maximum atomic E-state index is 13.3. The molecule has 2 N–H and O–H groups in total. The van der Waals surface area contributed by atoms with E-state index in [-0.39, 0.29) is 24.4 Å². The largest absolute Gasteiger partial charge is 0.383 e. The van der Waals surface area contributed by atoms with Crippen LogP contribution in [0.2, 0.25) is 0 Å². The Morgan fingerprint density at radius 1 is 1.32 bits per heavy atom. The van der Waals surface area contributed by atoms with E-state index in [1.54, 1.807) is 7.11 Å². The van der Waals surface area contributed by atoms with Gasteiger partial charge in [-0.1, -0.05) is 12.1 Å². The van der Waals surface area contributed by atoms with E-state index in [1.807, 2.05) is 0 Å². The van der Waals surface area contributed by atoms with E-state index in [2.05, 4.69) is 10.6 Å². The fraction of sp³-hybridized carbons (Fsp3) is 0.462. The second kappa shape index (κ2) is 8.55. The molecule has 106 valence electrons. The minimum atomic E-state index is -0.864. The van der Waals surface area contributed by atoms with E-state index >= 15 is 0 Å². The zero-order valence-electron chi connectivity index (χ0n) is 10.8. The molecule has 0 aromatic heterocycles. The molecule has 19 heavy (non-hydrogen) atoms. The summed E-state index contributed by atoms with van der Waals surface area (Å²) in [6.45, 7) is 1.52. The molecule has 0 aliphatic heterocycles. The van der Waals surface area contributed by atoms with Crippen molar-refractivity contribution >= 4 is 5.91 Å². The lowest BCUT2D eigenvalue weighted by atomic mass is 10.2. The summed E-state index contributed by atoms with van der Waals surface area (Å²) in [7, 11) is 1.56. The lowest BCUT2D eigenvalue weighted by molar-refractivity contribution is -0.121. The van der Waals surface area contributed by atoms with E-state index in [1.165, 1.54) is 12.1 Å². The van der Waals surface area contributed by atoms with Gasteiger partial charge < -0.3 is 15.4 Å². The highest BCUT2D eigenvalue weighted by molar-refractivity contribution is 5.75. The van der Waals surface area contributed by atoms with Crippen LogP contribution in [0.3, 0.4) is 0 Å². The summed E-state index contributed by atoms with van der Waals surface area (Å²) in [4.78, 5) is 11.3. The van der Waals surface area contributed by atoms with Crippen LogP contribution in [0, 0.1) is 11.6 Å². The number of methoxy groups -OCH3 is 1. The topological polar surface area (TPSA) is 50.4 Å². The van der Waals surface area contributed by atoms with Crippen molar-refractivity contribution in [3.05, 3.63) is 35.4 Å². The van der Waals surface area contributed by atoms with Crippen molar-refractivity contribution in [2.24, 2.45) is 0 Å². The minimum Gasteiger partial charge on any atom is -0.383 e. The molecule has 1 rings (SSSR count). The Morgan fingerprint density at radius 2 is 2.11 bits per heavy atom.